The summed E-state index contributed by atoms with van der Waals surface area (Å²) >= 11 is 18.1. The summed E-state index contributed by atoms with van der Waals surface area (Å²) in [5, 5.41) is 6.11. The number of benzene rings is 3. The van der Waals surface area contributed by atoms with Gasteiger partial charge in [-0.3, -0.25) is 4.79 Å². The third-order valence-corrected chi connectivity index (χ3v) is 6.18. The molecule has 0 saturated heterocycles. The van der Waals surface area contributed by atoms with Gasteiger partial charge in [-0.1, -0.05) is 84.9 Å². The van der Waals surface area contributed by atoms with Gasteiger partial charge in [-0.15, -0.1) is 0 Å². The zero-order valence-corrected chi connectivity index (χ0v) is 22.2. The van der Waals surface area contributed by atoms with Crippen LogP contribution in [0.4, 0.5) is 10.5 Å². The molecular weight excluding hydrogens is 539 g/mol. The standard InChI is InChI=1S/C27H25Cl3N2O5/c1-2-3-9-23(32-27(35)36-16-17-7-5-4-6-8-17)26(34)37-24-13-10-18(28)14-20(24)25(33)31-19-11-12-21(29)22(30)15-19/h4-8,10-15,23H,2-3,9,16H2,1H3,(H,31,33)(H,32,35)/t23-/m0/s1. The predicted octanol–water partition coefficient (Wildman–Crippen LogP) is 7.29. The van der Waals surface area contributed by atoms with Crippen LogP contribution in [-0.2, 0) is 16.1 Å². The van der Waals surface area contributed by atoms with Crippen LogP contribution < -0.4 is 15.4 Å². The third-order valence-electron chi connectivity index (χ3n) is 5.21. The summed E-state index contributed by atoms with van der Waals surface area (Å²) in [7, 11) is 0. The van der Waals surface area contributed by atoms with Crippen molar-refractivity contribution < 1.29 is 23.9 Å². The topological polar surface area (TPSA) is 93.7 Å². The molecule has 37 heavy (non-hydrogen) atoms. The molecule has 7 nitrogen and oxygen atoms in total. The number of esters is 1. The Kier molecular flexibility index (Phi) is 10.6. The lowest BCUT2D eigenvalue weighted by Gasteiger charge is -2.18. The van der Waals surface area contributed by atoms with Crippen LogP contribution in [0.15, 0.2) is 66.7 Å². The number of alkyl carbamates (subject to hydrolysis) is 1. The van der Waals surface area contributed by atoms with Crippen LogP contribution in [-0.4, -0.2) is 24.0 Å². The van der Waals surface area contributed by atoms with E-state index in [2.05, 4.69) is 10.6 Å². The van der Waals surface area contributed by atoms with Crippen molar-refractivity contribution in [3.8, 4) is 5.75 Å². The SMILES string of the molecule is CCCC[C@H](NC(=O)OCc1ccccc1)C(=O)Oc1ccc(Cl)cc1C(=O)Nc1ccc(Cl)c(Cl)c1. The molecule has 3 rings (SSSR count). The van der Waals surface area contributed by atoms with Crippen molar-refractivity contribution in [2.24, 2.45) is 0 Å². The minimum absolute atomic E-state index is 0.0205. The van der Waals surface area contributed by atoms with E-state index >= 15 is 0 Å². The average molecular weight is 564 g/mol. The van der Waals surface area contributed by atoms with E-state index < -0.39 is 24.0 Å². The molecule has 0 aliphatic heterocycles. The normalized spacial score (nSPS) is 11.4. The van der Waals surface area contributed by atoms with Crippen LogP contribution in [0.2, 0.25) is 15.1 Å². The van der Waals surface area contributed by atoms with Crippen molar-refractivity contribution in [2.75, 3.05) is 5.32 Å². The fourth-order valence-corrected chi connectivity index (χ4v) is 3.75. The van der Waals surface area contributed by atoms with Gasteiger partial charge in [0.1, 0.15) is 18.4 Å². The number of halogens is 3. The van der Waals surface area contributed by atoms with E-state index in [1.807, 2.05) is 37.3 Å². The van der Waals surface area contributed by atoms with Crippen molar-refractivity contribution in [1.82, 2.24) is 5.32 Å². The van der Waals surface area contributed by atoms with E-state index in [-0.39, 0.29) is 28.0 Å². The minimum Gasteiger partial charge on any atom is -0.445 e. The minimum atomic E-state index is -0.982. The zero-order valence-electron chi connectivity index (χ0n) is 19.9. The molecule has 0 spiro atoms. The van der Waals surface area contributed by atoms with Gasteiger partial charge in [-0.25, -0.2) is 9.59 Å². The van der Waals surface area contributed by atoms with Crippen molar-refractivity contribution >= 4 is 58.5 Å². The first-order valence-corrected chi connectivity index (χ1v) is 12.6. The number of amides is 2. The lowest BCUT2D eigenvalue weighted by atomic mass is 10.1. The molecule has 0 bridgehead atoms. The molecule has 0 saturated carbocycles. The Morgan fingerprint density at radius 1 is 0.919 bits per heavy atom. The summed E-state index contributed by atoms with van der Waals surface area (Å²) in [5.41, 5.74) is 1.22. The number of carbonyl (C=O) groups is 3. The predicted molar refractivity (Wildman–Crippen MR) is 145 cm³/mol. The second-order valence-corrected chi connectivity index (χ2v) is 9.30. The molecule has 0 unspecified atom stereocenters. The van der Waals surface area contributed by atoms with Crippen molar-refractivity contribution in [3.63, 3.8) is 0 Å². The Bertz CT molecular complexity index is 1250. The zero-order chi connectivity index (χ0) is 26.8. The van der Waals surface area contributed by atoms with Crippen molar-refractivity contribution in [3.05, 3.63) is 92.9 Å². The maximum Gasteiger partial charge on any atom is 0.408 e. The fourth-order valence-electron chi connectivity index (χ4n) is 3.28. The highest BCUT2D eigenvalue weighted by molar-refractivity contribution is 6.42. The van der Waals surface area contributed by atoms with E-state index in [1.54, 1.807) is 12.1 Å². The Balaban J connectivity index is 1.71. The maximum atomic E-state index is 13.0. The molecule has 2 amide bonds. The van der Waals surface area contributed by atoms with E-state index in [1.165, 1.54) is 24.3 Å². The van der Waals surface area contributed by atoms with Gasteiger partial charge in [-0.2, -0.15) is 0 Å². The summed E-state index contributed by atoms with van der Waals surface area (Å²) in [6, 6.07) is 17.1. The number of hydrogen-bond acceptors (Lipinski definition) is 5. The van der Waals surface area contributed by atoms with Crippen LogP contribution in [0.25, 0.3) is 0 Å². The first kappa shape index (κ1) is 28.3. The summed E-state index contributed by atoms with van der Waals surface area (Å²) in [4.78, 5) is 38.4. The monoisotopic (exact) mass is 562 g/mol. The molecule has 3 aromatic rings. The van der Waals surface area contributed by atoms with Crippen LogP contribution in [0, 0.1) is 0 Å². The number of rotatable bonds is 10. The third kappa shape index (κ3) is 8.67. The molecule has 0 aliphatic carbocycles. The first-order valence-electron chi connectivity index (χ1n) is 11.5. The quantitative estimate of drug-likeness (QED) is 0.200. The Morgan fingerprint density at radius 3 is 2.38 bits per heavy atom. The first-order chi connectivity index (χ1) is 17.8. The van der Waals surface area contributed by atoms with Gasteiger partial charge in [0.15, 0.2) is 0 Å². The number of hydrogen-bond donors (Lipinski definition) is 2. The number of unbranched alkanes of at least 4 members (excludes halogenated alkanes) is 1. The van der Waals surface area contributed by atoms with Crippen molar-refractivity contribution in [2.45, 2.75) is 38.8 Å². The van der Waals surface area contributed by atoms with Crippen molar-refractivity contribution in [1.29, 1.82) is 0 Å². The van der Waals surface area contributed by atoms with Gasteiger partial charge in [0.25, 0.3) is 5.91 Å². The van der Waals surface area contributed by atoms with Gasteiger partial charge in [0, 0.05) is 10.7 Å². The lowest BCUT2D eigenvalue weighted by Crippen LogP contribution is -2.43. The lowest BCUT2D eigenvalue weighted by molar-refractivity contribution is -0.136. The fraction of sp³-hybridized carbons (Fsp3) is 0.222. The largest absolute Gasteiger partial charge is 0.445 e. The maximum absolute atomic E-state index is 13.0. The highest BCUT2D eigenvalue weighted by Gasteiger charge is 2.25. The molecule has 10 heteroatoms. The van der Waals surface area contributed by atoms with Gasteiger partial charge >= 0.3 is 12.1 Å². The van der Waals surface area contributed by atoms with Gasteiger partial charge in [0.05, 0.1) is 15.6 Å². The molecule has 0 fully saturated rings. The molecule has 1 atom stereocenters. The molecule has 0 aromatic heterocycles. The number of nitrogens with one attached hydrogen (secondary N) is 2. The van der Waals surface area contributed by atoms with Crippen LogP contribution in [0.1, 0.15) is 42.1 Å². The number of anilines is 1. The average Bonchev–Trinajstić information content (AvgIpc) is 2.89. The number of carbonyl (C=O) groups excluding carboxylic acids is 3. The molecule has 0 aliphatic rings. The molecule has 0 heterocycles. The Hall–Kier alpha value is -3.26. The molecule has 3 aromatic carbocycles. The van der Waals surface area contributed by atoms with Gasteiger partial charge < -0.3 is 20.1 Å². The summed E-state index contributed by atoms with van der Waals surface area (Å²) in [6.07, 6.45) is 1.02. The highest BCUT2D eigenvalue weighted by Crippen LogP contribution is 2.28. The number of ether oxygens (including phenoxy) is 2. The van der Waals surface area contributed by atoms with E-state index in [4.69, 9.17) is 44.3 Å². The summed E-state index contributed by atoms with van der Waals surface area (Å²) < 4.78 is 10.8. The summed E-state index contributed by atoms with van der Waals surface area (Å²) in [5.74, 6) is -1.34. The van der Waals surface area contributed by atoms with Crippen LogP contribution >= 0.6 is 34.8 Å². The molecule has 2 N–H and O–H groups in total. The van der Waals surface area contributed by atoms with Gasteiger partial charge in [0.2, 0.25) is 0 Å². The highest BCUT2D eigenvalue weighted by atomic mass is 35.5. The smallest absolute Gasteiger partial charge is 0.408 e. The van der Waals surface area contributed by atoms with E-state index in [9.17, 15) is 14.4 Å². The molecule has 194 valence electrons. The Morgan fingerprint density at radius 2 is 1.68 bits per heavy atom. The van der Waals surface area contributed by atoms with Crippen LogP contribution in [0.5, 0.6) is 5.75 Å². The molecular formula is C27H25Cl3N2O5. The van der Waals surface area contributed by atoms with E-state index in [0.29, 0.717) is 23.6 Å². The van der Waals surface area contributed by atoms with Gasteiger partial charge in [-0.05, 0) is 48.4 Å². The Labute approximate surface area is 230 Å². The van der Waals surface area contributed by atoms with E-state index in [0.717, 1.165) is 12.0 Å². The molecule has 0 radical (unpaired) electrons. The second kappa shape index (κ2) is 13.9. The second-order valence-electron chi connectivity index (χ2n) is 8.05. The summed E-state index contributed by atoms with van der Waals surface area (Å²) in [6.45, 7) is 2.01. The van der Waals surface area contributed by atoms with Crippen LogP contribution in [0.3, 0.4) is 0 Å².